The Morgan fingerprint density at radius 3 is 2.69 bits per heavy atom. The normalized spacial score (nSPS) is 11.5. The molecule has 1 aromatic heterocycles. The van der Waals surface area contributed by atoms with Gasteiger partial charge >= 0.3 is 0 Å². The van der Waals surface area contributed by atoms with E-state index < -0.39 is 0 Å². The zero-order valence-corrected chi connectivity index (χ0v) is 15.2. The van der Waals surface area contributed by atoms with Crippen molar-refractivity contribution < 1.29 is 14.4 Å². The number of benzene rings is 1. The molecule has 2 aromatic rings. The molecule has 7 nitrogen and oxygen atoms in total. The molecule has 0 unspecified atom stereocenters. The molecule has 0 saturated carbocycles. The summed E-state index contributed by atoms with van der Waals surface area (Å²) in [5, 5.41) is 2.55. The van der Waals surface area contributed by atoms with E-state index in [2.05, 4.69) is 15.3 Å². The number of carbonyl (C=O) groups is 3. The molecule has 0 spiro atoms. The van der Waals surface area contributed by atoms with Crippen LogP contribution in [0.15, 0.2) is 23.2 Å². The van der Waals surface area contributed by atoms with E-state index in [4.69, 9.17) is 0 Å². The molecule has 0 fully saturated rings. The number of unbranched alkanes of at least 4 members (excludes halogenated alkanes) is 4. The van der Waals surface area contributed by atoms with Crippen LogP contribution >= 0.6 is 0 Å². The number of fused-ring (bicyclic) bond motifs is 1. The maximum Gasteiger partial charge on any atom is 0.273 e. The Hall–Kier alpha value is -2.83. The molecule has 1 N–H and O–H groups in total. The largest absolute Gasteiger partial charge is 0.354 e. The molecule has 0 aliphatic heterocycles. The van der Waals surface area contributed by atoms with Crippen molar-refractivity contribution in [1.29, 1.82) is 0 Å². The van der Waals surface area contributed by atoms with E-state index in [1.54, 1.807) is 0 Å². The van der Waals surface area contributed by atoms with Crippen LogP contribution in [0.3, 0.4) is 0 Å². The van der Waals surface area contributed by atoms with Crippen LogP contribution in [0.25, 0.3) is 11.0 Å². The summed E-state index contributed by atoms with van der Waals surface area (Å²) in [7, 11) is 1.52. The first-order valence-electron chi connectivity index (χ1n) is 8.76. The van der Waals surface area contributed by atoms with Crippen LogP contribution in [-0.2, 0) is 16.1 Å². The van der Waals surface area contributed by atoms with E-state index in [-0.39, 0.29) is 17.1 Å². The fraction of sp³-hybridized carbons (Fsp3) is 0.421. The second-order valence-corrected chi connectivity index (χ2v) is 6.11. The Morgan fingerprint density at radius 2 is 2.00 bits per heavy atom. The number of aromatic nitrogens is 2. The molecular formula is C19H24N4O3. The molecule has 1 heterocycles. The number of aryl methyl sites for hydroxylation is 2. The minimum Gasteiger partial charge on any atom is -0.354 e. The van der Waals surface area contributed by atoms with Gasteiger partial charge in [-0.2, -0.15) is 4.99 Å². The number of carbonyl (C=O) groups excluding carboxylic acids is 3. The molecule has 2 rings (SSSR count). The van der Waals surface area contributed by atoms with Crippen LogP contribution in [0.4, 0.5) is 0 Å². The van der Waals surface area contributed by atoms with Gasteiger partial charge in [-0.25, -0.2) is 4.98 Å². The van der Waals surface area contributed by atoms with Crippen molar-refractivity contribution in [2.24, 2.45) is 4.99 Å². The van der Waals surface area contributed by atoms with Crippen molar-refractivity contribution in [2.75, 3.05) is 7.05 Å². The van der Waals surface area contributed by atoms with Crippen LogP contribution in [0.1, 0.15) is 48.2 Å². The van der Waals surface area contributed by atoms with Crippen molar-refractivity contribution in [3.05, 3.63) is 34.9 Å². The molecule has 0 saturated heterocycles. The van der Waals surface area contributed by atoms with Gasteiger partial charge in [0.2, 0.25) is 6.41 Å². The van der Waals surface area contributed by atoms with Crippen molar-refractivity contribution in [3.63, 3.8) is 0 Å². The number of aldehydes is 1. The van der Waals surface area contributed by atoms with E-state index in [9.17, 15) is 14.4 Å². The highest BCUT2D eigenvalue weighted by Gasteiger charge is 2.15. The van der Waals surface area contributed by atoms with Gasteiger partial charge in [-0.15, -0.1) is 0 Å². The van der Waals surface area contributed by atoms with Gasteiger partial charge in [0.25, 0.3) is 5.91 Å². The van der Waals surface area contributed by atoms with Crippen LogP contribution < -0.4 is 10.8 Å². The second-order valence-electron chi connectivity index (χ2n) is 6.11. The molecule has 7 heteroatoms. The Bertz CT molecular complexity index is 871. The van der Waals surface area contributed by atoms with Gasteiger partial charge < -0.3 is 14.7 Å². The van der Waals surface area contributed by atoms with Crippen molar-refractivity contribution in [2.45, 2.75) is 45.6 Å². The zero-order valence-electron chi connectivity index (χ0n) is 15.2. The molecule has 0 radical (unpaired) electrons. The number of nitrogens with zero attached hydrogens (tertiary/aromatic N) is 3. The third-order valence-electron chi connectivity index (χ3n) is 4.19. The van der Waals surface area contributed by atoms with Gasteiger partial charge in [-0.1, -0.05) is 18.9 Å². The fourth-order valence-corrected chi connectivity index (χ4v) is 2.89. The highest BCUT2D eigenvalue weighted by atomic mass is 16.2. The minimum atomic E-state index is -0.381. The third kappa shape index (κ3) is 4.62. The van der Waals surface area contributed by atoms with E-state index in [1.165, 1.54) is 7.05 Å². The zero-order chi connectivity index (χ0) is 18.9. The lowest BCUT2D eigenvalue weighted by Gasteiger charge is -2.14. The standard InChI is InChI=1S/C19H24N4O3/c1-14-8-9-16-15(12-14)22-17(19(26)20-2)18(21-13-25)23(16)10-6-4-3-5-7-11-24/h8-9,11-13H,3-7,10H2,1-2H3,(H,20,26). The first-order chi connectivity index (χ1) is 12.6. The highest BCUT2D eigenvalue weighted by molar-refractivity contribution is 5.93. The van der Waals surface area contributed by atoms with Crippen LogP contribution in [0, 0.1) is 6.92 Å². The van der Waals surface area contributed by atoms with Crippen LogP contribution in [0.2, 0.25) is 0 Å². The lowest BCUT2D eigenvalue weighted by molar-refractivity contribution is -0.108. The van der Waals surface area contributed by atoms with Gasteiger partial charge in [0.05, 0.1) is 11.0 Å². The summed E-state index contributed by atoms with van der Waals surface area (Å²) in [5.74, 6) is -0.381. The topological polar surface area (TPSA) is 93.4 Å². The molecule has 0 atom stereocenters. The van der Waals surface area contributed by atoms with Gasteiger partial charge in [-0.3, -0.25) is 9.59 Å². The molecule has 0 aliphatic carbocycles. The summed E-state index contributed by atoms with van der Waals surface area (Å²) in [5.41, 5.74) is 2.96. The monoisotopic (exact) mass is 356 g/mol. The number of hydrogen-bond donors (Lipinski definition) is 1. The van der Waals surface area contributed by atoms with Crippen LogP contribution in [-0.4, -0.2) is 35.2 Å². The van der Waals surface area contributed by atoms with E-state index >= 15 is 0 Å². The summed E-state index contributed by atoms with van der Waals surface area (Å²) in [6.07, 6.45) is 5.59. The van der Waals surface area contributed by atoms with Gasteiger partial charge in [-0.05, 0) is 37.5 Å². The average Bonchev–Trinajstić information content (AvgIpc) is 2.64. The van der Waals surface area contributed by atoms with Crippen molar-refractivity contribution in [3.8, 4) is 0 Å². The maximum atomic E-state index is 12.2. The Balaban J connectivity index is 2.47. The summed E-state index contributed by atoms with van der Waals surface area (Å²) in [6, 6.07) is 5.81. The minimum absolute atomic E-state index is 0.138. The molecule has 1 aromatic carbocycles. The highest BCUT2D eigenvalue weighted by Crippen LogP contribution is 2.14. The van der Waals surface area contributed by atoms with Gasteiger partial charge in [0, 0.05) is 20.0 Å². The smallest absolute Gasteiger partial charge is 0.273 e. The Kier molecular flexibility index (Phi) is 7.20. The van der Waals surface area contributed by atoms with Crippen molar-refractivity contribution in [1.82, 2.24) is 14.9 Å². The van der Waals surface area contributed by atoms with E-state index in [0.717, 1.165) is 43.0 Å². The molecule has 138 valence electrons. The number of amides is 2. The van der Waals surface area contributed by atoms with Gasteiger partial charge in [0.1, 0.15) is 6.29 Å². The van der Waals surface area contributed by atoms with E-state index in [1.807, 2.05) is 29.7 Å². The predicted molar refractivity (Wildman–Crippen MR) is 98.6 cm³/mol. The van der Waals surface area contributed by atoms with E-state index in [0.29, 0.717) is 24.9 Å². The quantitative estimate of drug-likeness (QED) is 0.548. The number of nitrogens with one attached hydrogen (secondary N) is 1. The molecule has 2 amide bonds. The molecule has 0 bridgehead atoms. The summed E-state index contributed by atoms with van der Waals surface area (Å²) in [4.78, 5) is 42.0. The van der Waals surface area contributed by atoms with Crippen molar-refractivity contribution >= 4 is 29.6 Å². The molecule has 0 aliphatic rings. The first-order valence-corrected chi connectivity index (χ1v) is 8.76. The summed E-state index contributed by atoms with van der Waals surface area (Å²) in [6.45, 7) is 2.57. The molecular weight excluding hydrogens is 332 g/mol. The summed E-state index contributed by atoms with van der Waals surface area (Å²) < 4.78 is 1.88. The van der Waals surface area contributed by atoms with Gasteiger partial charge in [0.15, 0.2) is 11.2 Å². The average molecular weight is 356 g/mol. The molecule has 26 heavy (non-hydrogen) atoms. The summed E-state index contributed by atoms with van der Waals surface area (Å²) >= 11 is 0. The fourth-order valence-electron chi connectivity index (χ4n) is 2.89. The Labute approximate surface area is 152 Å². The number of rotatable bonds is 9. The van der Waals surface area contributed by atoms with Crippen LogP contribution in [0.5, 0.6) is 0 Å². The SMILES string of the molecule is CNC(=O)c1nc2cc(C)ccc2n(CCCCCCC=O)c1=NC=O. The number of hydrogen-bond acceptors (Lipinski definition) is 4. The predicted octanol–water partition coefficient (Wildman–Crippen LogP) is 1.91. The third-order valence-corrected chi connectivity index (χ3v) is 4.19. The first kappa shape index (κ1) is 19.5. The Morgan fingerprint density at radius 1 is 1.23 bits per heavy atom. The maximum absolute atomic E-state index is 12.2. The lowest BCUT2D eigenvalue weighted by Crippen LogP contribution is -2.34. The lowest BCUT2D eigenvalue weighted by atomic mass is 10.1. The second kappa shape index (κ2) is 9.60.